The monoisotopic (exact) mass is 439 g/mol. The topological polar surface area (TPSA) is 103 Å². The van der Waals surface area contributed by atoms with E-state index in [-0.39, 0.29) is 24.1 Å². The first kappa shape index (κ1) is 20.3. The quantitative estimate of drug-likeness (QED) is 0.456. The predicted molar refractivity (Wildman–Crippen MR) is 115 cm³/mol. The lowest BCUT2D eigenvalue weighted by Crippen LogP contribution is -2.52. The van der Waals surface area contributed by atoms with Crippen LogP contribution in [0.4, 0.5) is 0 Å². The van der Waals surface area contributed by atoms with Gasteiger partial charge in [-0.05, 0) is 23.6 Å². The van der Waals surface area contributed by atoms with Crippen molar-refractivity contribution in [2.75, 3.05) is 13.1 Å². The van der Waals surface area contributed by atoms with E-state index in [2.05, 4.69) is 16.0 Å². The number of aromatic nitrogens is 1. The molecular weight excluding hydrogens is 414 g/mol. The van der Waals surface area contributed by atoms with Gasteiger partial charge in [0.1, 0.15) is 6.04 Å². The summed E-state index contributed by atoms with van der Waals surface area (Å²) in [5, 5.41) is 10.3. The SMILES string of the molecule is O=C1CCC(N2Cc3ccc(CNCCc4nc5c(s4)CNCC5)cc3C2=O)C(=O)N1. The van der Waals surface area contributed by atoms with Crippen molar-refractivity contribution in [1.82, 2.24) is 25.8 Å². The molecule has 3 aliphatic rings. The van der Waals surface area contributed by atoms with Crippen LogP contribution in [0.3, 0.4) is 0 Å². The first-order valence-electron chi connectivity index (χ1n) is 10.7. The maximum absolute atomic E-state index is 12.9. The van der Waals surface area contributed by atoms with Gasteiger partial charge in [-0.15, -0.1) is 11.3 Å². The molecule has 3 N–H and O–H groups in total. The lowest BCUT2D eigenvalue weighted by molar-refractivity contribution is -0.136. The summed E-state index contributed by atoms with van der Waals surface area (Å²) in [6, 6.07) is 5.35. The molecule has 31 heavy (non-hydrogen) atoms. The van der Waals surface area contributed by atoms with E-state index in [1.807, 2.05) is 18.2 Å². The Hall–Kier alpha value is -2.62. The molecule has 3 amide bonds. The fourth-order valence-corrected chi connectivity index (χ4v) is 5.51. The van der Waals surface area contributed by atoms with Crippen molar-refractivity contribution in [2.24, 2.45) is 0 Å². The van der Waals surface area contributed by atoms with Crippen LogP contribution in [0.25, 0.3) is 0 Å². The summed E-state index contributed by atoms with van der Waals surface area (Å²) in [5.74, 6) is -0.777. The third-order valence-electron chi connectivity index (χ3n) is 6.08. The van der Waals surface area contributed by atoms with Gasteiger partial charge in [0.25, 0.3) is 5.91 Å². The zero-order valence-corrected chi connectivity index (χ0v) is 18.0. The van der Waals surface area contributed by atoms with Gasteiger partial charge in [0, 0.05) is 62.4 Å². The number of piperidine rings is 1. The minimum absolute atomic E-state index is 0.131. The molecule has 1 unspecified atom stereocenters. The normalized spacial score (nSPS) is 20.6. The summed E-state index contributed by atoms with van der Waals surface area (Å²) in [5.41, 5.74) is 3.88. The third kappa shape index (κ3) is 4.13. The van der Waals surface area contributed by atoms with Gasteiger partial charge in [-0.3, -0.25) is 19.7 Å². The number of thiazole rings is 1. The van der Waals surface area contributed by atoms with E-state index in [9.17, 15) is 14.4 Å². The summed E-state index contributed by atoms with van der Waals surface area (Å²) in [4.78, 5) is 44.2. The van der Waals surface area contributed by atoms with Crippen molar-refractivity contribution in [3.8, 4) is 0 Å². The molecule has 1 atom stereocenters. The fourth-order valence-electron chi connectivity index (χ4n) is 4.43. The van der Waals surface area contributed by atoms with Crippen LogP contribution in [0.5, 0.6) is 0 Å². The number of benzene rings is 1. The molecule has 0 saturated carbocycles. The molecule has 9 heteroatoms. The van der Waals surface area contributed by atoms with Gasteiger partial charge in [-0.25, -0.2) is 4.98 Å². The van der Waals surface area contributed by atoms with Crippen LogP contribution in [-0.2, 0) is 42.1 Å². The molecule has 8 nitrogen and oxygen atoms in total. The highest BCUT2D eigenvalue weighted by Crippen LogP contribution is 2.28. The lowest BCUT2D eigenvalue weighted by atomic mass is 10.0. The molecule has 1 aromatic carbocycles. The molecule has 0 bridgehead atoms. The highest BCUT2D eigenvalue weighted by Gasteiger charge is 2.39. The molecule has 4 heterocycles. The molecule has 3 aliphatic heterocycles. The molecule has 162 valence electrons. The maximum atomic E-state index is 12.9. The Morgan fingerprint density at radius 1 is 1.23 bits per heavy atom. The number of rotatable bonds is 6. The van der Waals surface area contributed by atoms with Gasteiger partial charge in [0.05, 0.1) is 10.7 Å². The number of amides is 3. The summed E-state index contributed by atoms with van der Waals surface area (Å²) >= 11 is 1.79. The molecule has 1 fully saturated rings. The highest BCUT2D eigenvalue weighted by molar-refractivity contribution is 7.11. The number of nitrogens with one attached hydrogen (secondary N) is 3. The van der Waals surface area contributed by atoms with Crippen LogP contribution >= 0.6 is 11.3 Å². The Morgan fingerprint density at radius 2 is 2.13 bits per heavy atom. The van der Waals surface area contributed by atoms with Crippen LogP contribution in [0.2, 0.25) is 0 Å². The lowest BCUT2D eigenvalue weighted by Gasteiger charge is -2.29. The van der Waals surface area contributed by atoms with Gasteiger partial charge in [0.15, 0.2) is 0 Å². The van der Waals surface area contributed by atoms with E-state index in [0.717, 1.165) is 43.6 Å². The van der Waals surface area contributed by atoms with Crippen molar-refractivity contribution >= 4 is 29.1 Å². The zero-order valence-electron chi connectivity index (χ0n) is 17.2. The second kappa shape index (κ2) is 8.49. The summed E-state index contributed by atoms with van der Waals surface area (Å²) in [6.45, 7) is 3.85. The van der Waals surface area contributed by atoms with Crippen LogP contribution in [-0.4, -0.2) is 46.7 Å². The number of nitrogens with zero attached hydrogens (tertiary/aromatic N) is 2. The predicted octanol–water partition coefficient (Wildman–Crippen LogP) is 0.882. The number of fused-ring (bicyclic) bond motifs is 2. The van der Waals surface area contributed by atoms with Gasteiger partial charge < -0.3 is 15.5 Å². The van der Waals surface area contributed by atoms with Crippen molar-refractivity contribution in [1.29, 1.82) is 0 Å². The second-order valence-electron chi connectivity index (χ2n) is 8.22. The minimum Gasteiger partial charge on any atom is -0.322 e. The van der Waals surface area contributed by atoms with E-state index in [1.54, 1.807) is 16.2 Å². The number of hydrogen-bond donors (Lipinski definition) is 3. The molecule has 5 rings (SSSR count). The van der Waals surface area contributed by atoms with Crippen molar-refractivity contribution in [2.45, 2.75) is 51.4 Å². The van der Waals surface area contributed by atoms with E-state index >= 15 is 0 Å². The van der Waals surface area contributed by atoms with Gasteiger partial charge in [-0.2, -0.15) is 0 Å². The van der Waals surface area contributed by atoms with E-state index in [4.69, 9.17) is 4.98 Å². The van der Waals surface area contributed by atoms with Gasteiger partial charge in [-0.1, -0.05) is 12.1 Å². The number of carbonyl (C=O) groups excluding carboxylic acids is 3. The van der Waals surface area contributed by atoms with Gasteiger partial charge in [0.2, 0.25) is 11.8 Å². The van der Waals surface area contributed by atoms with E-state index < -0.39 is 6.04 Å². The Bertz CT molecular complexity index is 1030. The Kier molecular flexibility index (Phi) is 5.56. The summed E-state index contributed by atoms with van der Waals surface area (Å²) in [6.07, 6.45) is 2.56. The average Bonchev–Trinajstić information content (AvgIpc) is 3.32. The first-order valence-corrected chi connectivity index (χ1v) is 11.6. The summed E-state index contributed by atoms with van der Waals surface area (Å²) < 4.78 is 0. The molecule has 2 aromatic rings. The number of imide groups is 1. The van der Waals surface area contributed by atoms with Crippen molar-refractivity contribution in [3.05, 3.63) is 50.5 Å². The van der Waals surface area contributed by atoms with Crippen LogP contribution in [0.1, 0.15) is 49.9 Å². The van der Waals surface area contributed by atoms with Crippen LogP contribution in [0.15, 0.2) is 18.2 Å². The Labute approximate surface area is 184 Å². The van der Waals surface area contributed by atoms with E-state index in [1.165, 1.54) is 15.6 Å². The largest absolute Gasteiger partial charge is 0.322 e. The molecule has 0 radical (unpaired) electrons. The minimum atomic E-state index is -0.571. The van der Waals surface area contributed by atoms with Crippen molar-refractivity contribution in [3.63, 3.8) is 0 Å². The van der Waals surface area contributed by atoms with Crippen LogP contribution < -0.4 is 16.0 Å². The molecule has 0 spiro atoms. The smallest absolute Gasteiger partial charge is 0.255 e. The third-order valence-corrected chi connectivity index (χ3v) is 7.24. The zero-order chi connectivity index (χ0) is 21.4. The molecular formula is C22H25N5O3S. The van der Waals surface area contributed by atoms with Gasteiger partial charge >= 0.3 is 0 Å². The highest BCUT2D eigenvalue weighted by atomic mass is 32.1. The first-order chi connectivity index (χ1) is 15.1. The molecule has 1 saturated heterocycles. The number of carbonyl (C=O) groups is 3. The second-order valence-corrected chi connectivity index (χ2v) is 9.39. The van der Waals surface area contributed by atoms with E-state index in [0.29, 0.717) is 25.1 Å². The Balaban J connectivity index is 1.16. The standard InChI is InChI=1S/C22H25N5O3S/c28-19-4-3-17(21(29)26-19)27-12-14-2-1-13(9-15(14)22(27)30)10-23-8-6-20-25-16-5-7-24-11-18(16)31-20/h1-2,9,17,23-24H,3-8,10-12H2,(H,26,28,29). The average molecular weight is 440 g/mol. The summed E-state index contributed by atoms with van der Waals surface area (Å²) in [7, 11) is 0. The van der Waals surface area contributed by atoms with Crippen LogP contribution in [0, 0.1) is 0 Å². The fraction of sp³-hybridized carbons (Fsp3) is 0.455. The van der Waals surface area contributed by atoms with Crippen molar-refractivity contribution < 1.29 is 14.4 Å². The number of hydrogen-bond acceptors (Lipinski definition) is 7. The molecule has 0 aliphatic carbocycles. The maximum Gasteiger partial charge on any atom is 0.255 e. The molecule has 1 aromatic heterocycles. The Morgan fingerprint density at radius 3 is 2.97 bits per heavy atom.